The molecule has 0 bridgehead atoms. The van der Waals surface area contributed by atoms with Crippen LogP contribution in [-0.4, -0.2) is 10.9 Å². The van der Waals surface area contributed by atoms with Crippen LogP contribution in [0.3, 0.4) is 0 Å². The Balaban J connectivity index is 1.91. The summed E-state index contributed by atoms with van der Waals surface area (Å²) in [4.78, 5) is 16.2. The first kappa shape index (κ1) is 13.6. The van der Waals surface area contributed by atoms with Gasteiger partial charge in [-0.15, -0.1) is 0 Å². The number of hydrogen-bond acceptors (Lipinski definition) is 3. The third kappa shape index (κ3) is 2.62. The maximum atomic E-state index is 13.6. The highest BCUT2D eigenvalue weighted by Gasteiger charge is 2.16. The van der Waals surface area contributed by atoms with Gasteiger partial charge in [0.05, 0.1) is 15.8 Å². The van der Waals surface area contributed by atoms with E-state index in [4.69, 9.17) is 0 Å². The zero-order valence-corrected chi connectivity index (χ0v) is 11.8. The van der Waals surface area contributed by atoms with Crippen LogP contribution >= 0.6 is 11.3 Å². The van der Waals surface area contributed by atoms with Crippen molar-refractivity contribution in [3.05, 3.63) is 59.2 Å². The number of halogens is 2. The highest BCUT2D eigenvalue weighted by atomic mass is 32.1. The average Bonchev–Trinajstić information content (AvgIpc) is 2.83. The molecule has 1 amide bonds. The molecule has 0 spiro atoms. The van der Waals surface area contributed by atoms with Crippen LogP contribution in [0, 0.1) is 18.6 Å². The molecule has 0 saturated heterocycles. The van der Waals surface area contributed by atoms with Gasteiger partial charge in [0.25, 0.3) is 5.91 Å². The molecule has 1 aromatic heterocycles. The van der Waals surface area contributed by atoms with Gasteiger partial charge in [-0.25, -0.2) is 13.8 Å². The van der Waals surface area contributed by atoms with Crippen molar-refractivity contribution in [2.75, 3.05) is 5.32 Å². The van der Waals surface area contributed by atoms with Gasteiger partial charge in [0.15, 0.2) is 16.8 Å². The molecule has 21 heavy (non-hydrogen) atoms. The van der Waals surface area contributed by atoms with Crippen molar-refractivity contribution >= 4 is 32.6 Å². The number of carbonyl (C=O) groups is 1. The molecular formula is C15H10F2N2OS. The minimum atomic E-state index is -1.16. The van der Waals surface area contributed by atoms with Crippen LogP contribution in [0.5, 0.6) is 0 Å². The number of aromatic nitrogens is 1. The molecule has 0 aliphatic carbocycles. The lowest BCUT2D eigenvalue weighted by molar-refractivity contribution is 0.102. The van der Waals surface area contributed by atoms with Crippen LogP contribution in [0.1, 0.15) is 15.9 Å². The standard InChI is InChI=1S/C15H10F2N2OS/c1-8-5-6-11-12(7-8)21-15(18-11)19-14(20)9-3-2-4-10(16)13(9)17/h2-7H,1H3,(H,18,19,20). The molecule has 106 valence electrons. The van der Waals surface area contributed by atoms with Crippen molar-refractivity contribution in [3.8, 4) is 0 Å². The van der Waals surface area contributed by atoms with Crippen molar-refractivity contribution in [1.82, 2.24) is 4.98 Å². The number of fused-ring (bicyclic) bond motifs is 1. The third-order valence-electron chi connectivity index (χ3n) is 2.96. The summed E-state index contributed by atoms with van der Waals surface area (Å²) in [5.41, 5.74) is 1.49. The Morgan fingerprint density at radius 1 is 1.24 bits per heavy atom. The Bertz CT molecular complexity index is 845. The molecule has 0 fully saturated rings. The summed E-state index contributed by atoms with van der Waals surface area (Å²) in [7, 11) is 0. The topological polar surface area (TPSA) is 42.0 Å². The number of aryl methyl sites for hydroxylation is 1. The van der Waals surface area contributed by atoms with Gasteiger partial charge in [-0.05, 0) is 36.8 Å². The van der Waals surface area contributed by atoms with Crippen LogP contribution in [0.15, 0.2) is 36.4 Å². The Labute approximate surface area is 123 Å². The lowest BCUT2D eigenvalue weighted by atomic mass is 10.2. The van der Waals surface area contributed by atoms with Gasteiger partial charge in [0.1, 0.15) is 0 Å². The maximum Gasteiger partial charge on any atom is 0.260 e. The molecule has 0 aliphatic heterocycles. The van der Waals surface area contributed by atoms with Crippen molar-refractivity contribution in [3.63, 3.8) is 0 Å². The highest BCUT2D eigenvalue weighted by molar-refractivity contribution is 7.22. The Kier molecular flexibility index (Phi) is 3.39. The van der Waals surface area contributed by atoms with Crippen molar-refractivity contribution < 1.29 is 13.6 Å². The zero-order chi connectivity index (χ0) is 15.0. The normalized spacial score (nSPS) is 10.8. The number of hydrogen-bond donors (Lipinski definition) is 1. The minimum absolute atomic E-state index is 0.342. The van der Waals surface area contributed by atoms with Crippen LogP contribution in [-0.2, 0) is 0 Å². The van der Waals surface area contributed by atoms with Crippen molar-refractivity contribution in [1.29, 1.82) is 0 Å². The Morgan fingerprint density at radius 3 is 2.86 bits per heavy atom. The molecule has 1 N–H and O–H groups in total. The quantitative estimate of drug-likeness (QED) is 0.773. The first-order chi connectivity index (χ1) is 10.0. The molecule has 0 radical (unpaired) electrons. The molecule has 2 aromatic carbocycles. The molecule has 3 aromatic rings. The lowest BCUT2D eigenvalue weighted by Gasteiger charge is -2.03. The first-order valence-corrected chi connectivity index (χ1v) is 6.99. The minimum Gasteiger partial charge on any atom is -0.298 e. The van der Waals surface area contributed by atoms with Gasteiger partial charge in [-0.2, -0.15) is 0 Å². The summed E-state index contributed by atoms with van der Waals surface area (Å²) >= 11 is 1.29. The van der Waals surface area contributed by atoms with Crippen LogP contribution < -0.4 is 5.32 Å². The van der Waals surface area contributed by atoms with E-state index in [-0.39, 0.29) is 5.56 Å². The summed E-state index contributed by atoms with van der Waals surface area (Å²) in [5.74, 6) is -2.93. The predicted molar refractivity (Wildman–Crippen MR) is 78.7 cm³/mol. The number of amides is 1. The smallest absolute Gasteiger partial charge is 0.260 e. The number of rotatable bonds is 2. The molecule has 6 heteroatoms. The molecule has 1 heterocycles. The molecule has 0 atom stereocenters. The van der Waals surface area contributed by atoms with E-state index in [2.05, 4.69) is 10.3 Å². The Hall–Kier alpha value is -2.34. The lowest BCUT2D eigenvalue weighted by Crippen LogP contribution is -2.14. The molecule has 3 rings (SSSR count). The second-order valence-corrected chi connectivity index (χ2v) is 5.58. The van der Waals surface area contributed by atoms with E-state index in [1.54, 1.807) is 0 Å². The first-order valence-electron chi connectivity index (χ1n) is 6.17. The zero-order valence-electron chi connectivity index (χ0n) is 11.0. The number of anilines is 1. The molecule has 0 saturated carbocycles. The van der Waals surface area contributed by atoms with Gasteiger partial charge < -0.3 is 0 Å². The third-order valence-corrected chi connectivity index (χ3v) is 3.89. The van der Waals surface area contributed by atoms with E-state index in [1.165, 1.54) is 23.5 Å². The molecule has 0 unspecified atom stereocenters. The Morgan fingerprint density at radius 2 is 2.05 bits per heavy atom. The van der Waals surface area contributed by atoms with Gasteiger partial charge >= 0.3 is 0 Å². The van der Waals surface area contributed by atoms with Gasteiger partial charge in [0.2, 0.25) is 0 Å². The fourth-order valence-electron chi connectivity index (χ4n) is 1.93. The molecular weight excluding hydrogens is 294 g/mol. The fourth-order valence-corrected chi connectivity index (χ4v) is 2.89. The molecule has 0 aliphatic rings. The predicted octanol–water partition coefficient (Wildman–Crippen LogP) is 4.14. The average molecular weight is 304 g/mol. The largest absolute Gasteiger partial charge is 0.298 e. The van der Waals surface area contributed by atoms with Gasteiger partial charge in [-0.1, -0.05) is 23.5 Å². The van der Waals surface area contributed by atoms with Crippen LogP contribution in [0.4, 0.5) is 13.9 Å². The van der Waals surface area contributed by atoms with E-state index in [0.717, 1.165) is 21.8 Å². The second-order valence-electron chi connectivity index (χ2n) is 4.55. The number of carbonyl (C=O) groups excluding carboxylic acids is 1. The molecule has 3 nitrogen and oxygen atoms in total. The highest BCUT2D eigenvalue weighted by Crippen LogP contribution is 2.27. The van der Waals surface area contributed by atoms with Gasteiger partial charge in [0, 0.05) is 0 Å². The summed E-state index contributed by atoms with van der Waals surface area (Å²) in [6, 6.07) is 9.19. The van der Waals surface area contributed by atoms with Crippen LogP contribution in [0.25, 0.3) is 10.2 Å². The van der Waals surface area contributed by atoms with E-state index >= 15 is 0 Å². The number of benzene rings is 2. The summed E-state index contributed by atoms with van der Waals surface area (Å²) in [5, 5.41) is 2.85. The summed E-state index contributed by atoms with van der Waals surface area (Å²) < 4.78 is 27.6. The van der Waals surface area contributed by atoms with Crippen LogP contribution in [0.2, 0.25) is 0 Å². The van der Waals surface area contributed by atoms with E-state index in [0.29, 0.717) is 5.13 Å². The maximum absolute atomic E-state index is 13.6. The van der Waals surface area contributed by atoms with Crippen molar-refractivity contribution in [2.24, 2.45) is 0 Å². The summed E-state index contributed by atoms with van der Waals surface area (Å²) in [6.07, 6.45) is 0. The number of nitrogens with zero attached hydrogens (tertiary/aromatic N) is 1. The SMILES string of the molecule is Cc1ccc2nc(NC(=O)c3cccc(F)c3F)sc2c1. The summed E-state index contributed by atoms with van der Waals surface area (Å²) in [6.45, 7) is 1.96. The number of nitrogens with one attached hydrogen (secondary N) is 1. The van der Waals surface area contributed by atoms with Gasteiger partial charge in [-0.3, -0.25) is 10.1 Å². The van der Waals surface area contributed by atoms with E-state index in [1.807, 2.05) is 25.1 Å². The van der Waals surface area contributed by atoms with Crippen molar-refractivity contribution in [2.45, 2.75) is 6.92 Å². The van der Waals surface area contributed by atoms with E-state index in [9.17, 15) is 13.6 Å². The fraction of sp³-hybridized carbons (Fsp3) is 0.0667. The van der Waals surface area contributed by atoms with E-state index < -0.39 is 17.5 Å². The monoisotopic (exact) mass is 304 g/mol. The number of thiazole rings is 1. The second kappa shape index (κ2) is 5.21.